The van der Waals surface area contributed by atoms with Gasteiger partial charge >= 0.3 is 0 Å². The van der Waals surface area contributed by atoms with Crippen molar-refractivity contribution in [1.29, 1.82) is 0 Å². The number of hydrogen-bond acceptors (Lipinski definition) is 3. The van der Waals surface area contributed by atoms with Gasteiger partial charge in [0, 0.05) is 38.4 Å². The Morgan fingerprint density at radius 2 is 0.877 bits per heavy atom. The molecule has 0 saturated carbocycles. The fourth-order valence-electron chi connectivity index (χ4n) is 9.01. The summed E-state index contributed by atoms with van der Waals surface area (Å²) in [6.45, 7) is 2.38. The molecular formula is C54H36N2O. The first-order chi connectivity index (χ1) is 28.1. The zero-order valence-corrected chi connectivity index (χ0v) is 31.4. The Morgan fingerprint density at radius 1 is 0.368 bits per heavy atom. The molecule has 57 heavy (non-hydrogen) atoms. The van der Waals surface area contributed by atoms with E-state index in [4.69, 9.17) is 14.4 Å². The van der Waals surface area contributed by atoms with E-state index in [0.29, 0.717) is 5.82 Å². The summed E-state index contributed by atoms with van der Waals surface area (Å²) in [7, 11) is 0. The molecule has 0 N–H and O–H groups in total. The molecule has 3 nitrogen and oxygen atoms in total. The molecule has 0 bridgehead atoms. The van der Waals surface area contributed by atoms with Crippen LogP contribution in [0.3, 0.4) is 0 Å². The number of fused-ring (bicyclic) bond motifs is 6. The van der Waals surface area contributed by atoms with Crippen molar-refractivity contribution >= 4 is 21.9 Å². The number of hydrogen-bond donors (Lipinski definition) is 0. The van der Waals surface area contributed by atoms with Crippen LogP contribution in [0.4, 0.5) is 0 Å². The minimum atomic E-state index is -0.315. The van der Waals surface area contributed by atoms with Gasteiger partial charge in [-0.3, -0.25) is 0 Å². The molecule has 1 aliphatic rings. The molecule has 10 aromatic rings. The molecule has 0 saturated heterocycles. The first-order valence-corrected chi connectivity index (χ1v) is 19.5. The van der Waals surface area contributed by atoms with Gasteiger partial charge < -0.3 is 4.42 Å². The average Bonchev–Trinajstić information content (AvgIpc) is 3.80. The van der Waals surface area contributed by atoms with E-state index in [1.807, 2.05) is 30.3 Å². The second kappa shape index (κ2) is 13.1. The maximum absolute atomic E-state index is 6.38. The Labute approximate surface area is 331 Å². The highest BCUT2D eigenvalue weighted by Gasteiger charge is 2.41. The summed E-state index contributed by atoms with van der Waals surface area (Å²) < 4.78 is 6.38. The summed E-state index contributed by atoms with van der Waals surface area (Å²) in [6, 6.07) is 71.0. The minimum absolute atomic E-state index is 0.315. The van der Waals surface area contributed by atoms with Crippen LogP contribution in [0.5, 0.6) is 0 Å². The van der Waals surface area contributed by atoms with E-state index in [-0.39, 0.29) is 5.41 Å². The van der Waals surface area contributed by atoms with Gasteiger partial charge in [0.1, 0.15) is 11.2 Å². The topological polar surface area (TPSA) is 38.9 Å². The van der Waals surface area contributed by atoms with Gasteiger partial charge in [-0.05, 0) is 69.6 Å². The molecule has 0 atom stereocenters. The summed E-state index contributed by atoms with van der Waals surface area (Å²) in [6.07, 6.45) is 0. The van der Waals surface area contributed by atoms with Crippen molar-refractivity contribution in [2.75, 3.05) is 0 Å². The quantitative estimate of drug-likeness (QED) is 0.171. The Balaban J connectivity index is 1.02. The molecule has 0 unspecified atom stereocenters. The van der Waals surface area contributed by atoms with Crippen molar-refractivity contribution in [1.82, 2.24) is 9.97 Å². The van der Waals surface area contributed by atoms with Crippen LogP contribution in [0.2, 0.25) is 0 Å². The first kappa shape index (κ1) is 33.0. The smallest absolute Gasteiger partial charge is 0.160 e. The van der Waals surface area contributed by atoms with Crippen molar-refractivity contribution in [2.45, 2.75) is 12.3 Å². The Morgan fingerprint density at radius 3 is 1.61 bits per heavy atom. The predicted molar refractivity (Wildman–Crippen MR) is 234 cm³/mol. The Hall–Kier alpha value is -7.36. The number of furan rings is 1. The molecular weight excluding hydrogens is 693 g/mol. The second-order valence-electron chi connectivity index (χ2n) is 15.0. The minimum Gasteiger partial charge on any atom is -0.455 e. The fraction of sp³-hybridized carbons (Fsp3) is 0.0370. The van der Waals surface area contributed by atoms with Crippen LogP contribution in [0.15, 0.2) is 205 Å². The number of para-hydroxylation sites is 2. The van der Waals surface area contributed by atoms with E-state index in [2.05, 4.69) is 177 Å². The molecule has 268 valence electrons. The zero-order chi connectivity index (χ0) is 37.9. The van der Waals surface area contributed by atoms with Crippen LogP contribution in [0, 0.1) is 0 Å². The van der Waals surface area contributed by atoms with E-state index in [0.717, 1.165) is 66.7 Å². The number of nitrogens with zero attached hydrogens (tertiary/aromatic N) is 2. The lowest BCUT2D eigenvalue weighted by atomic mass is 9.71. The van der Waals surface area contributed by atoms with E-state index < -0.39 is 0 Å². The lowest BCUT2D eigenvalue weighted by molar-refractivity contribution is 0.670. The van der Waals surface area contributed by atoms with Crippen LogP contribution in [-0.4, -0.2) is 9.97 Å². The van der Waals surface area contributed by atoms with Gasteiger partial charge in [-0.1, -0.05) is 182 Å². The molecule has 3 heteroatoms. The van der Waals surface area contributed by atoms with E-state index in [9.17, 15) is 0 Å². The summed E-state index contributed by atoms with van der Waals surface area (Å²) in [4.78, 5) is 10.4. The van der Waals surface area contributed by atoms with Gasteiger partial charge in [-0.25, -0.2) is 9.97 Å². The van der Waals surface area contributed by atoms with Gasteiger partial charge in [0.25, 0.3) is 0 Å². The summed E-state index contributed by atoms with van der Waals surface area (Å²) in [5.41, 5.74) is 17.3. The van der Waals surface area contributed by atoms with Crippen molar-refractivity contribution in [2.24, 2.45) is 0 Å². The van der Waals surface area contributed by atoms with Crippen molar-refractivity contribution < 1.29 is 4.42 Å². The van der Waals surface area contributed by atoms with Crippen molar-refractivity contribution in [3.05, 3.63) is 217 Å². The summed E-state index contributed by atoms with van der Waals surface area (Å²) in [5, 5.41) is 2.25. The SMILES string of the molecule is CC1(c2ccccc2-c2cccc(-c3cc(-c4ccc(-c5cccc6c5oc5ccccc56)cc4)nc(-c4ccccc4)n3)c2)c2ccccc2-c2ccccc21. The lowest BCUT2D eigenvalue weighted by Gasteiger charge is -2.30. The maximum Gasteiger partial charge on any atom is 0.160 e. The van der Waals surface area contributed by atoms with Gasteiger partial charge in [0.05, 0.1) is 11.4 Å². The zero-order valence-electron chi connectivity index (χ0n) is 31.4. The monoisotopic (exact) mass is 728 g/mol. The van der Waals surface area contributed by atoms with Gasteiger partial charge in [0.15, 0.2) is 5.82 Å². The largest absolute Gasteiger partial charge is 0.455 e. The molecule has 0 radical (unpaired) electrons. The third-order valence-electron chi connectivity index (χ3n) is 11.8. The normalized spacial score (nSPS) is 12.8. The van der Waals surface area contributed by atoms with Gasteiger partial charge in [-0.15, -0.1) is 0 Å². The van der Waals surface area contributed by atoms with E-state index in [1.54, 1.807) is 0 Å². The molecule has 8 aromatic carbocycles. The molecule has 11 rings (SSSR count). The second-order valence-corrected chi connectivity index (χ2v) is 15.0. The van der Waals surface area contributed by atoms with Crippen LogP contribution < -0.4 is 0 Å². The summed E-state index contributed by atoms with van der Waals surface area (Å²) in [5.74, 6) is 0.691. The van der Waals surface area contributed by atoms with Crippen molar-refractivity contribution in [3.8, 4) is 67.3 Å². The standard InChI is InChI=1S/C54H36N2O/c1-54(47-26-10-6-20-42(47)43-21-7-11-27-48(43)54)46-25-9-5-19-40(46)38-17-13-18-39(33-38)50-34-49(55-53(56-50)37-15-3-2-4-16-37)36-31-29-35(30-32-36)41-23-14-24-45-44-22-8-12-28-51(44)57-52(41)45/h2-34H,1H3. The lowest BCUT2D eigenvalue weighted by Crippen LogP contribution is -2.23. The molecule has 1 aliphatic carbocycles. The molecule has 0 aliphatic heterocycles. The highest BCUT2D eigenvalue weighted by molar-refractivity contribution is 6.09. The molecule has 2 heterocycles. The Kier molecular flexibility index (Phi) is 7.61. The summed E-state index contributed by atoms with van der Waals surface area (Å²) >= 11 is 0. The molecule has 0 fully saturated rings. The third-order valence-corrected chi connectivity index (χ3v) is 11.8. The van der Waals surface area contributed by atoms with E-state index >= 15 is 0 Å². The number of benzene rings is 8. The fourth-order valence-corrected chi connectivity index (χ4v) is 9.01. The Bertz CT molecular complexity index is 3090. The number of rotatable bonds is 6. The molecule has 2 aromatic heterocycles. The predicted octanol–water partition coefficient (Wildman–Crippen LogP) is 14.0. The van der Waals surface area contributed by atoms with Crippen molar-refractivity contribution in [3.63, 3.8) is 0 Å². The van der Waals surface area contributed by atoms with Gasteiger partial charge in [-0.2, -0.15) is 0 Å². The third kappa shape index (κ3) is 5.35. The van der Waals surface area contributed by atoms with Gasteiger partial charge in [0.2, 0.25) is 0 Å². The van der Waals surface area contributed by atoms with Crippen LogP contribution in [0.25, 0.3) is 89.2 Å². The molecule has 0 amide bonds. The molecule has 0 spiro atoms. The first-order valence-electron chi connectivity index (χ1n) is 19.5. The van der Waals surface area contributed by atoms with E-state index in [1.165, 1.54) is 33.4 Å². The highest BCUT2D eigenvalue weighted by atomic mass is 16.3. The number of aromatic nitrogens is 2. The highest BCUT2D eigenvalue weighted by Crippen LogP contribution is 2.54. The van der Waals surface area contributed by atoms with Crippen LogP contribution in [0.1, 0.15) is 23.6 Å². The maximum atomic E-state index is 6.38. The van der Waals surface area contributed by atoms with Crippen LogP contribution in [-0.2, 0) is 5.41 Å². The van der Waals surface area contributed by atoms with Crippen LogP contribution >= 0.6 is 0 Å². The average molecular weight is 729 g/mol.